The standard InChI is InChI=1S/C19H21BrN4O/c20-13-3-4-16-17(7-13)23-9-18(24-16)15(19(21)12-1-2-12)8-22-14-5-11(6-14)10-25/h3-4,7-9,11-12,14,25H,1-2,5-6,10,21H2. The number of nitrogens with two attached hydrogens (primary N) is 1. The molecule has 0 spiro atoms. The lowest BCUT2D eigenvalue weighted by Gasteiger charge is -2.30. The van der Waals surface area contributed by atoms with Crippen LogP contribution in [0.15, 0.2) is 39.6 Å². The number of hydrogen-bond donors (Lipinski definition) is 2. The van der Waals surface area contributed by atoms with Crippen LogP contribution in [0, 0.1) is 11.8 Å². The second kappa shape index (κ2) is 6.84. The molecular formula is C19H21BrN4O. The molecule has 2 aliphatic rings. The van der Waals surface area contributed by atoms with Gasteiger partial charge in [-0.2, -0.15) is 0 Å². The molecule has 0 bridgehead atoms. The third-order valence-electron chi connectivity index (χ3n) is 4.99. The maximum atomic E-state index is 9.15. The van der Waals surface area contributed by atoms with Crippen LogP contribution in [0.2, 0.25) is 0 Å². The highest BCUT2D eigenvalue weighted by Gasteiger charge is 2.29. The van der Waals surface area contributed by atoms with E-state index in [1.54, 1.807) is 6.20 Å². The first-order valence-electron chi connectivity index (χ1n) is 8.70. The van der Waals surface area contributed by atoms with E-state index in [4.69, 9.17) is 15.8 Å². The van der Waals surface area contributed by atoms with Gasteiger partial charge in [-0.1, -0.05) is 15.9 Å². The zero-order valence-electron chi connectivity index (χ0n) is 13.9. The lowest BCUT2D eigenvalue weighted by atomic mass is 9.81. The van der Waals surface area contributed by atoms with Crippen LogP contribution in [-0.4, -0.2) is 33.9 Å². The summed E-state index contributed by atoms with van der Waals surface area (Å²) in [4.78, 5) is 14.0. The Morgan fingerprint density at radius 1 is 1.32 bits per heavy atom. The summed E-state index contributed by atoms with van der Waals surface area (Å²) in [5, 5.41) is 9.15. The van der Waals surface area contributed by atoms with Crippen LogP contribution in [0.3, 0.4) is 0 Å². The monoisotopic (exact) mass is 400 g/mol. The van der Waals surface area contributed by atoms with Crippen molar-refractivity contribution in [2.24, 2.45) is 22.6 Å². The minimum atomic E-state index is 0.255. The molecule has 130 valence electrons. The largest absolute Gasteiger partial charge is 0.401 e. The molecule has 2 fully saturated rings. The highest BCUT2D eigenvalue weighted by molar-refractivity contribution is 9.10. The van der Waals surface area contributed by atoms with E-state index in [0.29, 0.717) is 11.8 Å². The molecule has 3 N–H and O–H groups in total. The Bertz CT molecular complexity index is 854. The number of aliphatic imine (C=N–C) groups is 1. The first-order chi connectivity index (χ1) is 12.1. The Hall–Kier alpha value is -1.79. The van der Waals surface area contributed by atoms with E-state index in [0.717, 1.165) is 58.2 Å². The zero-order chi connectivity index (χ0) is 17.4. The number of allylic oxidation sites excluding steroid dienone is 2. The van der Waals surface area contributed by atoms with Crippen molar-refractivity contribution in [2.75, 3.05) is 6.61 Å². The normalized spacial score (nSPS) is 24.4. The van der Waals surface area contributed by atoms with Crippen molar-refractivity contribution in [3.05, 3.63) is 40.3 Å². The number of aromatic nitrogens is 2. The molecule has 6 heteroatoms. The van der Waals surface area contributed by atoms with E-state index in [1.807, 2.05) is 24.4 Å². The average Bonchev–Trinajstić information content (AvgIpc) is 3.41. The third kappa shape index (κ3) is 3.60. The van der Waals surface area contributed by atoms with Crippen LogP contribution in [0.25, 0.3) is 16.6 Å². The molecule has 1 heterocycles. The smallest absolute Gasteiger partial charge is 0.0925 e. The zero-order valence-corrected chi connectivity index (χ0v) is 15.5. The molecule has 2 aromatic rings. The number of benzene rings is 1. The van der Waals surface area contributed by atoms with Crippen LogP contribution in [0.1, 0.15) is 31.4 Å². The second-order valence-electron chi connectivity index (χ2n) is 6.98. The quantitative estimate of drug-likeness (QED) is 0.753. The SMILES string of the molecule is NC(=C(C=NC1CC(CO)C1)c1cnc2cc(Br)ccc2n1)C1CC1. The molecule has 2 aliphatic carbocycles. The minimum Gasteiger partial charge on any atom is -0.401 e. The number of aliphatic hydroxyl groups is 1. The molecule has 1 aromatic carbocycles. The fourth-order valence-electron chi connectivity index (χ4n) is 3.17. The van der Waals surface area contributed by atoms with Crippen molar-refractivity contribution in [3.8, 4) is 0 Å². The van der Waals surface area contributed by atoms with Gasteiger partial charge < -0.3 is 10.8 Å². The van der Waals surface area contributed by atoms with Crippen molar-refractivity contribution in [1.82, 2.24) is 9.97 Å². The Morgan fingerprint density at radius 2 is 2.12 bits per heavy atom. The molecular weight excluding hydrogens is 380 g/mol. The second-order valence-corrected chi connectivity index (χ2v) is 7.90. The molecule has 0 unspecified atom stereocenters. The van der Waals surface area contributed by atoms with Crippen molar-refractivity contribution < 1.29 is 5.11 Å². The first kappa shape index (κ1) is 16.7. The number of aliphatic hydroxyl groups excluding tert-OH is 1. The van der Waals surface area contributed by atoms with Crippen LogP contribution >= 0.6 is 15.9 Å². The minimum absolute atomic E-state index is 0.255. The maximum Gasteiger partial charge on any atom is 0.0925 e. The van der Waals surface area contributed by atoms with Gasteiger partial charge in [-0.05, 0) is 55.7 Å². The summed E-state index contributed by atoms with van der Waals surface area (Å²) < 4.78 is 0.986. The fraction of sp³-hybridized carbons (Fsp3) is 0.421. The van der Waals surface area contributed by atoms with Crippen molar-refractivity contribution in [3.63, 3.8) is 0 Å². The van der Waals surface area contributed by atoms with Gasteiger partial charge in [-0.25, -0.2) is 4.98 Å². The van der Waals surface area contributed by atoms with E-state index in [1.165, 1.54) is 0 Å². The molecule has 0 aliphatic heterocycles. The van der Waals surface area contributed by atoms with Crippen molar-refractivity contribution in [1.29, 1.82) is 0 Å². The van der Waals surface area contributed by atoms with Gasteiger partial charge in [0.1, 0.15) is 0 Å². The Kier molecular flexibility index (Phi) is 4.56. The highest BCUT2D eigenvalue weighted by Crippen LogP contribution is 2.37. The summed E-state index contributed by atoms with van der Waals surface area (Å²) in [5.41, 5.74) is 10.6. The van der Waals surface area contributed by atoms with Crippen LogP contribution in [0.4, 0.5) is 0 Å². The van der Waals surface area contributed by atoms with E-state index >= 15 is 0 Å². The Balaban J connectivity index is 1.65. The summed E-state index contributed by atoms with van der Waals surface area (Å²) >= 11 is 3.46. The van der Waals surface area contributed by atoms with Gasteiger partial charge >= 0.3 is 0 Å². The number of hydrogen-bond acceptors (Lipinski definition) is 5. The van der Waals surface area contributed by atoms with Gasteiger partial charge in [0.2, 0.25) is 0 Å². The predicted molar refractivity (Wildman–Crippen MR) is 103 cm³/mol. The molecule has 2 saturated carbocycles. The van der Waals surface area contributed by atoms with E-state index in [2.05, 4.69) is 25.9 Å². The fourth-order valence-corrected chi connectivity index (χ4v) is 3.52. The number of rotatable bonds is 5. The molecule has 25 heavy (non-hydrogen) atoms. The number of fused-ring (bicyclic) bond motifs is 1. The summed E-state index contributed by atoms with van der Waals surface area (Å²) in [6.07, 6.45) is 7.81. The van der Waals surface area contributed by atoms with E-state index in [-0.39, 0.29) is 12.6 Å². The van der Waals surface area contributed by atoms with Crippen molar-refractivity contribution >= 4 is 38.8 Å². The number of nitrogens with zero attached hydrogens (tertiary/aromatic N) is 3. The number of halogens is 1. The van der Waals surface area contributed by atoms with E-state index < -0.39 is 0 Å². The molecule has 5 nitrogen and oxygen atoms in total. The van der Waals surface area contributed by atoms with Crippen LogP contribution in [-0.2, 0) is 0 Å². The van der Waals surface area contributed by atoms with Gasteiger partial charge in [0, 0.05) is 28.6 Å². The summed E-state index contributed by atoms with van der Waals surface area (Å²) in [7, 11) is 0. The Morgan fingerprint density at radius 3 is 2.84 bits per heavy atom. The molecule has 0 radical (unpaired) electrons. The van der Waals surface area contributed by atoms with Gasteiger partial charge in [-0.15, -0.1) is 0 Å². The van der Waals surface area contributed by atoms with Gasteiger partial charge in [0.15, 0.2) is 0 Å². The van der Waals surface area contributed by atoms with Gasteiger partial charge in [0.05, 0.1) is 29.0 Å². The van der Waals surface area contributed by atoms with Crippen LogP contribution in [0.5, 0.6) is 0 Å². The van der Waals surface area contributed by atoms with Gasteiger partial charge in [-0.3, -0.25) is 9.98 Å². The molecule has 0 atom stereocenters. The van der Waals surface area contributed by atoms with Crippen molar-refractivity contribution in [2.45, 2.75) is 31.7 Å². The topological polar surface area (TPSA) is 84.4 Å². The summed E-state index contributed by atoms with van der Waals surface area (Å²) in [5.74, 6) is 0.838. The maximum absolute atomic E-state index is 9.15. The third-order valence-corrected chi connectivity index (χ3v) is 5.49. The van der Waals surface area contributed by atoms with E-state index in [9.17, 15) is 0 Å². The lowest BCUT2D eigenvalue weighted by Crippen LogP contribution is -2.29. The molecule has 0 amide bonds. The lowest BCUT2D eigenvalue weighted by molar-refractivity contribution is 0.145. The average molecular weight is 401 g/mol. The highest BCUT2D eigenvalue weighted by atomic mass is 79.9. The molecule has 0 saturated heterocycles. The molecule has 4 rings (SSSR count). The molecule has 1 aromatic heterocycles. The van der Waals surface area contributed by atoms with Crippen LogP contribution < -0.4 is 5.73 Å². The van der Waals surface area contributed by atoms with Gasteiger partial charge in [0.25, 0.3) is 0 Å². The first-order valence-corrected chi connectivity index (χ1v) is 9.49. The predicted octanol–water partition coefficient (Wildman–Crippen LogP) is 3.31. The Labute approximate surface area is 155 Å². The summed E-state index contributed by atoms with van der Waals surface area (Å²) in [6, 6.07) is 6.15. The summed E-state index contributed by atoms with van der Waals surface area (Å²) in [6.45, 7) is 0.255.